The Morgan fingerprint density at radius 1 is 0.714 bits per heavy atom. The summed E-state index contributed by atoms with van der Waals surface area (Å²) < 4.78 is 0. The van der Waals surface area contributed by atoms with E-state index in [1.165, 1.54) is 27.5 Å². The summed E-state index contributed by atoms with van der Waals surface area (Å²) in [6.07, 6.45) is 0. The quantitative estimate of drug-likeness (QED) is 0.424. The molecule has 0 radical (unpaired) electrons. The second-order valence-corrected chi connectivity index (χ2v) is 5.42. The Morgan fingerprint density at radius 2 is 1.48 bits per heavy atom. The lowest BCUT2D eigenvalue weighted by atomic mass is 9.98. The Kier molecular flexibility index (Phi) is 2.71. The van der Waals surface area contributed by atoms with Crippen molar-refractivity contribution in [1.82, 2.24) is 4.98 Å². The average Bonchev–Trinajstić information content (AvgIpc) is 2.53. The van der Waals surface area contributed by atoms with Gasteiger partial charge in [-0.05, 0) is 36.2 Å². The van der Waals surface area contributed by atoms with Crippen molar-refractivity contribution >= 4 is 21.8 Å². The summed E-state index contributed by atoms with van der Waals surface area (Å²) in [6, 6.07) is 25.5. The summed E-state index contributed by atoms with van der Waals surface area (Å²) in [7, 11) is 0. The standard InChI is InChI=1S/C20H15N/c1-14-9-11-15(12-10-14)17-6-4-8-20-18(17)13-16-5-2-3-7-19(16)21-20/h2-13H,1H3. The van der Waals surface area contributed by atoms with E-state index in [1.807, 2.05) is 6.07 Å². The highest BCUT2D eigenvalue weighted by Crippen LogP contribution is 2.30. The predicted molar refractivity (Wildman–Crippen MR) is 89.4 cm³/mol. The molecule has 0 fully saturated rings. The van der Waals surface area contributed by atoms with Crippen molar-refractivity contribution in [3.05, 3.63) is 78.4 Å². The van der Waals surface area contributed by atoms with Crippen molar-refractivity contribution in [1.29, 1.82) is 0 Å². The van der Waals surface area contributed by atoms with Gasteiger partial charge >= 0.3 is 0 Å². The number of aryl methyl sites for hydroxylation is 1. The zero-order valence-corrected chi connectivity index (χ0v) is 11.9. The molecule has 1 heterocycles. The van der Waals surface area contributed by atoms with Crippen LogP contribution in [0.2, 0.25) is 0 Å². The minimum atomic E-state index is 1.05. The van der Waals surface area contributed by atoms with E-state index in [2.05, 4.69) is 73.7 Å². The first-order chi connectivity index (χ1) is 10.3. The molecule has 4 rings (SSSR count). The fourth-order valence-electron chi connectivity index (χ4n) is 2.78. The summed E-state index contributed by atoms with van der Waals surface area (Å²) in [5.41, 5.74) is 5.86. The molecule has 0 unspecified atom stereocenters. The first-order valence-corrected chi connectivity index (χ1v) is 7.17. The van der Waals surface area contributed by atoms with Gasteiger partial charge in [0, 0.05) is 10.8 Å². The van der Waals surface area contributed by atoms with Crippen molar-refractivity contribution in [2.24, 2.45) is 0 Å². The smallest absolute Gasteiger partial charge is 0.0715 e. The van der Waals surface area contributed by atoms with Crippen LogP contribution in [0.3, 0.4) is 0 Å². The molecule has 0 bridgehead atoms. The maximum absolute atomic E-state index is 4.78. The molecule has 21 heavy (non-hydrogen) atoms. The molecule has 0 atom stereocenters. The van der Waals surface area contributed by atoms with Gasteiger partial charge in [0.05, 0.1) is 11.0 Å². The molecule has 0 aliphatic rings. The van der Waals surface area contributed by atoms with Gasteiger partial charge in [-0.25, -0.2) is 4.98 Å². The van der Waals surface area contributed by atoms with Crippen molar-refractivity contribution in [3.8, 4) is 11.1 Å². The van der Waals surface area contributed by atoms with E-state index in [9.17, 15) is 0 Å². The van der Waals surface area contributed by atoms with Gasteiger partial charge in [-0.1, -0.05) is 60.2 Å². The highest BCUT2D eigenvalue weighted by atomic mass is 14.7. The molecule has 100 valence electrons. The molecule has 0 saturated carbocycles. The number of benzene rings is 3. The topological polar surface area (TPSA) is 12.9 Å². The summed E-state index contributed by atoms with van der Waals surface area (Å²) in [4.78, 5) is 4.78. The summed E-state index contributed by atoms with van der Waals surface area (Å²) in [5, 5.41) is 2.39. The second kappa shape index (κ2) is 4.71. The Balaban J connectivity index is 2.04. The summed E-state index contributed by atoms with van der Waals surface area (Å²) in [6.45, 7) is 2.11. The minimum absolute atomic E-state index is 1.05. The van der Waals surface area contributed by atoms with Crippen LogP contribution in [0.4, 0.5) is 0 Å². The van der Waals surface area contributed by atoms with Crippen LogP contribution in [-0.2, 0) is 0 Å². The largest absolute Gasteiger partial charge is 0.248 e. The van der Waals surface area contributed by atoms with Gasteiger partial charge < -0.3 is 0 Å². The third-order valence-electron chi connectivity index (χ3n) is 3.92. The van der Waals surface area contributed by atoms with Crippen LogP contribution in [0, 0.1) is 6.92 Å². The molecular weight excluding hydrogens is 254 g/mol. The number of hydrogen-bond acceptors (Lipinski definition) is 1. The first-order valence-electron chi connectivity index (χ1n) is 7.17. The van der Waals surface area contributed by atoms with Crippen LogP contribution in [0.25, 0.3) is 32.9 Å². The molecule has 0 aliphatic heterocycles. The predicted octanol–water partition coefficient (Wildman–Crippen LogP) is 5.36. The molecule has 0 aliphatic carbocycles. The lowest BCUT2D eigenvalue weighted by Crippen LogP contribution is -1.86. The van der Waals surface area contributed by atoms with E-state index in [4.69, 9.17) is 4.98 Å². The van der Waals surface area contributed by atoms with Gasteiger partial charge in [-0.2, -0.15) is 0 Å². The van der Waals surface area contributed by atoms with Gasteiger partial charge in [0.1, 0.15) is 0 Å². The number of hydrogen-bond donors (Lipinski definition) is 0. The second-order valence-electron chi connectivity index (χ2n) is 5.42. The van der Waals surface area contributed by atoms with Gasteiger partial charge in [0.25, 0.3) is 0 Å². The number of pyridine rings is 1. The number of rotatable bonds is 1. The highest BCUT2D eigenvalue weighted by molar-refractivity contribution is 6.01. The monoisotopic (exact) mass is 269 g/mol. The molecule has 0 spiro atoms. The normalized spacial score (nSPS) is 11.1. The van der Waals surface area contributed by atoms with E-state index in [0.29, 0.717) is 0 Å². The van der Waals surface area contributed by atoms with Gasteiger partial charge in [-0.3, -0.25) is 0 Å². The molecule has 1 aromatic heterocycles. The van der Waals surface area contributed by atoms with E-state index >= 15 is 0 Å². The third kappa shape index (κ3) is 2.07. The maximum Gasteiger partial charge on any atom is 0.0715 e. The van der Waals surface area contributed by atoms with Crippen molar-refractivity contribution in [3.63, 3.8) is 0 Å². The Labute approximate surface area is 123 Å². The van der Waals surface area contributed by atoms with E-state index in [-0.39, 0.29) is 0 Å². The maximum atomic E-state index is 4.78. The molecule has 3 aromatic carbocycles. The Morgan fingerprint density at radius 3 is 2.33 bits per heavy atom. The van der Waals surface area contributed by atoms with Gasteiger partial charge in [0.2, 0.25) is 0 Å². The lowest BCUT2D eigenvalue weighted by Gasteiger charge is -2.08. The molecule has 0 N–H and O–H groups in total. The van der Waals surface area contributed by atoms with Crippen LogP contribution in [0.5, 0.6) is 0 Å². The fourth-order valence-corrected chi connectivity index (χ4v) is 2.78. The Bertz CT molecular complexity index is 937. The molecule has 1 nitrogen and oxygen atoms in total. The third-order valence-corrected chi connectivity index (χ3v) is 3.92. The molecular formula is C20H15N. The molecule has 0 saturated heterocycles. The van der Waals surface area contributed by atoms with Crippen molar-refractivity contribution in [2.75, 3.05) is 0 Å². The SMILES string of the molecule is Cc1ccc(-c2cccc3nc4ccccc4cc23)cc1. The number of nitrogens with zero attached hydrogens (tertiary/aromatic N) is 1. The summed E-state index contributed by atoms with van der Waals surface area (Å²) >= 11 is 0. The highest BCUT2D eigenvalue weighted by Gasteiger charge is 2.06. The zero-order chi connectivity index (χ0) is 14.2. The lowest BCUT2D eigenvalue weighted by molar-refractivity contribution is 1.47. The number of para-hydroxylation sites is 1. The van der Waals surface area contributed by atoms with Crippen molar-refractivity contribution < 1.29 is 0 Å². The van der Waals surface area contributed by atoms with Crippen LogP contribution in [0.15, 0.2) is 72.8 Å². The van der Waals surface area contributed by atoms with Crippen molar-refractivity contribution in [2.45, 2.75) is 6.92 Å². The molecule has 1 heteroatoms. The average molecular weight is 269 g/mol. The van der Waals surface area contributed by atoms with E-state index < -0.39 is 0 Å². The fraction of sp³-hybridized carbons (Fsp3) is 0.0500. The Hall–Kier alpha value is -2.67. The first kappa shape index (κ1) is 12.1. The van der Waals surface area contributed by atoms with Crippen LogP contribution < -0.4 is 0 Å². The van der Waals surface area contributed by atoms with Gasteiger partial charge in [0.15, 0.2) is 0 Å². The number of fused-ring (bicyclic) bond motifs is 2. The van der Waals surface area contributed by atoms with Crippen LogP contribution >= 0.6 is 0 Å². The summed E-state index contributed by atoms with van der Waals surface area (Å²) in [5.74, 6) is 0. The van der Waals surface area contributed by atoms with Crippen LogP contribution in [-0.4, -0.2) is 4.98 Å². The molecule has 0 amide bonds. The van der Waals surface area contributed by atoms with E-state index in [1.54, 1.807) is 0 Å². The number of aromatic nitrogens is 1. The zero-order valence-electron chi connectivity index (χ0n) is 11.9. The van der Waals surface area contributed by atoms with Gasteiger partial charge in [-0.15, -0.1) is 0 Å². The minimum Gasteiger partial charge on any atom is -0.248 e. The van der Waals surface area contributed by atoms with E-state index in [0.717, 1.165) is 11.0 Å². The molecule has 4 aromatic rings. The van der Waals surface area contributed by atoms with Crippen LogP contribution in [0.1, 0.15) is 5.56 Å².